The van der Waals surface area contributed by atoms with Gasteiger partial charge >= 0.3 is 0 Å². The Hall–Kier alpha value is -1.02. The molecule has 2 rings (SSSR count). The van der Waals surface area contributed by atoms with Crippen molar-refractivity contribution in [3.8, 4) is 0 Å². The van der Waals surface area contributed by atoms with Crippen molar-refractivity contribution in [2.75, 3.05) is 18.0 Å². The zero-order chi connectivity index (χ0) is 14.4. The van der Waals surface area contributed by atoms with E-state index in [2.05, 4.69) is 55.3 Å². The van der Waals surface area contributed by atoms with E-state index in [4.69, 9.17) is 0 Å². The minimum atomic E-state index is 0.641. The molecule has 0 aliphatic heterocycles. The van der Waals surface area contributed by atoms with Crippen molar-refractivity contribution in [2.24, 2.45) is 0 Å². The lowest BCUT2D eigenvalue weighted by molar-refractivity contribution is 0.397. The first-order chi connectivity index (χ1) is 9.77. The molecule has 2 atom stereocenters. The molecule has 0 heterocycles. The van der Waals surface area contributed by atoms with Crippen molar-refractivity contribution in [3.63, 3.8) is 0 Å². The highest BCUT2D eigenvalue weighted by Gasteiger charge is 2.28. The zero-order valence-corrected chi connectivity index (χ0v) is 13.4. The van der Waals surface area contributed by atoms with Crippen molar-refractivity contribution in [1.82, 2.24) is 5.32 Å². The molecule has 1 saturated carbocycles. The SMILES string of the molecule is CCNC1CCCCCC1N(CC)c1ccccc1C. The fraction of sp³-hybridized carbons (Fsp3) is 0.667. The number of likely N-dealkylation sites (N-methyl/N-ethyl adjacent to an activating group) is 2. The molecule has 0 saturated heterocycles. The Morgan fingerprint density at radius 2 is 1.85 bits per heavy atom. The monoisotopic (exact) mass is 274 g/mol. The third kappa shape index (κ3) is 3.54. The Morgan fingerprint density at radius 1 is 1.10 bits per heavy atom. The number of hydrogen-bond acceptors (Lipinski definition) is 2. The summed E-state index contributed by atoms with van der Waals surface area (Å²) in [6.45, 7) is 8.92. The molecule has 0 bridgehead atoms. The number of benzene rings is 1. The first kappa shape index (κ1) is 15.4. The quantitative estimate of drug-likeness (QED) is 0.812. The number of para-hydroxylation sites is 1. The van der Waals surface area contributed by atoms with Gasteiger partial charge in [0.1, 0.15) is 0 Å². The molecule has 1 aliphatic carbocycles. The minimum Gasteiger partial charge on any atom is -0.367 e. The molecule has 0 aromatic heterocycles. The average molecular weight is 274 g/mol. The lowest BCUT2D eigenvalue weighted by Gasteiger charge is -2.38. The van der Waals surface area contributed by atoms with Crippen molar-refractivity contribution in [1.29, 1.82) is 0 Å². The third-order valence-corrected chi connectivity index (χ3v) is 4.61. The standard InChI is InChI=1S/C18H30N2/c1-4-19-16-12-7-6-8-14-18(16)20(5-2)17-13-10-9-11-15(17)3/h9-11,13,16,18-19H,4-8,12,14H2,1-3H3. The zero-order valence-electron chi connectivity index (χ0n) is 13.4. The van der Waals surface area contributed by atoms with Crippen molar-refractivity contribution < 1.29 is 0 Å². The van der Waals surface area contributed by atoms with Crippen LogP contribution >= 0.6 is 0 Å². The van der Waals surface area contributed by atoms with Crippen LogP contribution in [0.1, 0.15) is 51.5 Å². The van der Waals surface area contributed by atoms with Gasteiger partial charge in [-0.3, -0.25) is 0 Å². The highest BCUT2D eigenvalue weighted by atomic mass is 15.2. The fourth-order valence-electron chi connectivity index (χ4n) is 3.63. The van der Waals surface area contributed by atoms with Gasteiger partial charge in [0, 0.05) is 24.3 Å². The molecule has 20 heavy (non-hydrogen) atoms. The Balaban J connectivity index is 2.25. The molecule has 1 aliphatic rings. The normalized spacial score (nSPS) is 23.4. The lowest BCUT2D eigenvalue weighted by atomic mass is 9.99. The van der Waals surface area contributed by atoms with E-state index in [9.17, 15) is 0 Å². The van der Waals surface area contributed by atoms with Crippen LogP contribution in [-0.2, 0) is 0 Å². The van der Waals surface area contributed by atoms with Gasteiger partial charge in [-0.1, -0.05) is 44.4 Å². The van der Waals surface area contributed by atoms with Crippen molar-refractivity contribution >= 4 is 5.69 Å². The van der Waals surface area contributed by atoms with Gasteiger partial charge in [-0.15, -0.1) is 0 Å². The van der Waals surface area contributed by atoms with E-state index in [1.165, 1.54) is 43.4 Å². The topological polar surface area (TPSA) is 15.3 Å². The number of hydrogen-bond donors (Lipinski definition) is 1. The summed E-state index contributed by atoms with van der Waals surface area (Å²) >= 11 is 0. The van der Waals surface area contributed by atoms with Crippen LogP contribution in [0.3, 0.4) is 0 Å². The number of nitrogens with zero attached hydrogens (tertiary/aromatic N) is 1. The van der Waals surface area contributed by atoms with E-state index in [1.54, 1.807) is 0 Å². The Bertz CT molecular complexity index is 402. The molecule has 0 amide bonds. The van der Waals surface area contributed by atoms with Crippen molar-refractivity contribution in [2.45, 2.75) is 65.0 Å². The molecule has 0 spiro atoms. The molecular weight excluding hydrogens is 244 g/mol. The van der Waals surface area contributed by atoms with Gasteiger partial charge in [0.2, 0.25) is 0 Å². The Labute approximate surface area is 124 Å². The van der Waals surface area contributed by atoms with E-state index < -0.39 is 0 Å². The van der Waals surface area contributed by atoms with Crippen LogP contribution < -0.4 is 10.2 Å². The van der Waals surface area contributed by atoms with Crippen LogP contribution in [0.15, 0.2) is 24.3 Å². The molecular formula is C18H30N2. The molecule has 2 unspecified atom stereocenters. The van der Waals surface area contributed by atoms with Gasteiger partial charge in [0.05, 0.1) is 0 Å². The summed E-state index contributed by atoms with van der Waals surface area (Å²) in [5.74, 6) is 0. The third-order valence-electron chi connectivity index (χ3n) is 4.61. The summed E-state index contributed by atoms with van der Waals surface area (Å²) in [6.07, 6.45) is 6.78. The molecule has 1 aromatic carbocycles. The summed E-state index contributed by atoms with van der Waals surface area (Å²) < 4.78 is 0. The van der Waals surface area contributed by atoms with Gasteiger partial charge in [0.15, 0.2) is 0 Å². The fourth-order valence-corrected chi connectivity index (χ4v) is 3.63. The lowest BCUT2D eigenvalue weighted by Crippen LogP contribution is -2.50. The van der Waals surface area contributed by atoms with Gasteiger partial charge in [-0.05, 0) is 44.9 Å². The van der Waals surface area contributed by atoms with E-state index in [0.29, 0.717) is 12.1 Å². The maximum absolute atomic E-state index is 3.74. The molecule has 2 nitrogen and oxygen atoms in total. The highest BCUT2D eigenvalue weighted by Crippen LogP contribution is 2.28. The second-order valence-corrected chi connectivity index (χ2v) is 5.94. The van der Waals surface area contributed by atoms with E-state index in [1.807, 2.05) is 0 Å². The van der Waals surface area contributed by atoms with Crippen LogP contribution in [0.5, 0.6) is 0 Å². The first-order valence-corrected chi connectivity index (χ1v) is 8.33. The van der Waals surface area contributed by atoms with Gasteiger partial charge in [-0.2, -0.15) is 0 Å². The summed E-state index contributed by atoms with van der Waals surface area (Å²) in [4.78, 5) is 2.63. The largest absolute Gasteiger partial charge is 0.367 e. The summed E-state index contributed by atoms with van der Waals surface area (Å²) in [5, 5.41) is 3.74. The average Bonchev–Trinajstić information content (AvgIpc) is 2.68. The van der Waals surface area contributed by atoms with Crippen LogP contribution in [0, 0.1) is 6.92 Å². The van der Waals surface area contributed by atoms with Crippen molar-refractivity contribution in [3.05, 3.63) is 29.8 Å². The molecule has 0 radical (unpaired) electrons. The van der Waals surface area contributed by atoms with Gasteiger partial charge in [-0.25, -0.2) is 0 Å². The van der Waals surface area contributed by atoms with Gasteiger partial charge < -0.3 is 10.2 Å². The second kappa shape index (κ2) is 7.68. The predicted octanol–water partition coefficient (Wildman–Crippen LogP) is 4.13. The smallest absolute Gasteiger partial charge is 0.0443 e. The van der Waals surface area contributed by atoms with Crippen LogP contribution in [0.25, 0.3) is 0 Å². The summed E-state index contributed by atoms with van der Waals surface area (Å²) in [5.41, 5.74) is 2.82. The highest BCUT2D eigenvalue weighted by molar-refractivity contribution is 5.54. The van der Waals surface area contributed by atoms with E-state index in [-0.39, 0.29) is 0 Å². The summed E-state index contributed by atoms with van der Waals surface area (Å²) in [7, 11) is 0. The van der Waals surface area contributed by atoms with Crippen LogP contribution in [0.2, 0.25) is 0 Å². The molecule has 1 aromatic rings. The predicted molar refractivity (Wildman–Crippen MR) is 88.5 cm³/mol. The Morgan fingerprint density at radius 3 is 2.55 bits per heavy atom. The molecule has 1 fully saturated rings. The maximum atomic E-state index is 3.74. The number of rotatable bonds is 5. The first-order valence-electron chi connectivity index (χ1n) is 8.33. The van der Waals surface area contributed by atoms with Crippen LogP contribution in [0.4, 0.5) is 5.69 Å². The molecule has 112 valence electrons. The summed E-state index contributed by atoms with van der Waals surface area (Å²) in [6, 6.07) is 10.1. The number of anilines is 1. The number of aryl methyl sites for hydroxylation is 1. The maximum Gasteiger partial charge on any atom is 0.0443 e. The van der Waals surface area contributed by atoms with Crippen LogP contribution in [-0.4, -0.2) is 25.2 Å². The minimum absolute atomic E-state index is 0.641. The molecule has 2 heteroatoms. The van der Waals surface area contributed by atoms with E-state index in [0.717, 1.165) is 13.1 Å². The number of nitrogens with one attached hydrogen (secondary N) is 1. The van der Waals surface area contributed by atoms with Gasteiger partial charge in [0.25, 0.3) is 0 Å². The molecule has 1 N–H and O–H groups in total. The Kier molecular flexibility index (Phi) is 5.90. The van der Waals surface area contributed by atoms with E-state index >= 15 is 0 Å². The second-order valence-electron chi connectivity index (χ2n) is 5.94.